The quantitative estimate of drug-likeness (QED) is 0.548. The van der Waals surface area contributed by atoms with E-state index >= 15 is 0 Å². The van der Waals surface area contributed by atoms with Crippen molar-refractivity contribution in [2.24, 2.45) is 0 Å². The number of H-pyrrole nitrogens is 1. The van der Waals surface area contributed by atoms with E-state index in [-0.39, 0.29) is 22.2 Å². The number of morpholine rings is 1. The minimum Gasteiger partial charge on any atom is -0.379 e. The van der Waals surface area contributed by atoms with Crippen LogP contribution in [0.1, 0.15) is 11.1 Å². The molecule has 1 aliphatic heterocycles. The molecule has 4 rings (SSSR count). The number of thioether (sulfide) groups is 1. The number of amides is 1. The van der Waals surface area contributed by atoms with Crippen LogP contribution in [0.4, 0.5) is 5.69 Å². The Kier molecular flexibility index (Phi) is 6.33. The minimum absolute atomic E-state index is 0.101. The smallest absolute Gasteiger partial charge is 0.245 e. The molecule has 0 atom stereocenters. The van der Waals surface area contributed by atoms with Gasteiger partial charge in [0.1, 0.15) is 4.90 Å². The first kappa shape index (κ1) is 21.8. The fourth-order valence-electron chi connectivity index (χ4n) is 3.36. The van der Waals surface area contributed by atoms with Crippen LogP contribution in [-0.4, -0.2) is 60.7 Å². The van der Waals surface area contributed by atoms with E-state index in [0.717, 1.165) is 22.2 Å². The maximum absolute atomic E-state index is 13.1. The maximum atomic E-state index is 13.1. The highest BCUT2D eigenvalue weighted by Crippen LogP contribution is 2.27. The van der Waals surface area contributed by atoms with Crippen LogP contribution in [0.2, 0.25) is 0 Å². The van der Waals surface area contributed by atoms with Gasteiger partial charge >= 0.3 is 0 Å². The molecule has 1 amide bonds. The van der Waals surface area contributed by atoms with E-state index < -0.39 is 10.0 Å². The van der Waals surface area contributed by atoms with Crippen LogP contribution >= 0.6 is 11.8 Å². The van der Waals surface area contributed by atoms with E-state index in [9.17, 15) is 13.2 Å². The number of hydrogen-bond acceptors (Lipinski definition) is 6. The SMILES string of the molecule is Cc1ccc(NC(=O)CSc2nc3ccc(C)cc3[nH]2)c(S(=O)(=O)N2CCOCC2)c1. The van der Waals surface area contributed by atoms with Crippen LogP contribution in [0.15, 0.2) is 46.5 Å². The lowest BCUT2D eigenvalue weighted by Crippen LogP contribution is -2.41. The fourth-order valence-corrected chi connectivity index (χ4v) is 5.69. The number of aromatic amines is 1. The number of imidazole rings is 1. The Morgan fingerprint density at radius 3 is 2.65 bits per heavy atom. The lowest BCUT2D eigenvalue weighted by molar-refractivity contribution is -0.113. The van der Waals surface area contributed by atoms with Crippen LogP contribution in [0, 0.1) is 13.8 Å². The third-order valence-corrected chi connectivity index (χ3v) is 7.77. The molecular weight excluding hydrogens is 436 g/mol. The van der Waals surface area contributed by atoms with Gasteiger partial charge in [-0.2, -0.15) is 4.31 Å². The Balaban J connectivity index is 1.48. The summed E-state index contributed by atoms with van der Waals surface area (Å²) in [6.07, 6.45) is 0. The van der Waals surface area contributed by atoms with E-state index in [1.54, 1.807) is 18.2 Å². The molecule has 164 valence electrons. The molecule has 2 N–H and O–H groups in total. The topological polar surface area (TPSA) is 104 Å². The minimum atomic E-state index is -3.74. The van der Waals surface area contributed by atoms with Crippen molar-refractivity contribution in [1.29, 1.82) is 0 Å². The van der Waals surface area contributed by atoms with Gasteiger partial charge in [0.05, 0.1) is 35.7 Å². The zero-order valence-electron chi connectivity index (χ0n) is 17.3. The molecule has 1 aromatic heterocycles. The first-order valence-corrected chi connectivity index (χ1v) is 12.3. The van der Waals surface area contributed by atoms with E-state index in [2.05, 4.69) is 15.3 Å². The molecule has 31 heavy (non-hydrogen) atoms. The number of hydrogen-bond donors (Lipinski definition) is 2. The molecule has 0 bridgehead atoms. The second kappa shape index (κ2) is 8.99. The number of benzene rings is 2. The van der Waals surface area contributed by atoms with Crippen molar-refractivity contribution in [2.45, 2.75) is 23.9 Å². The first-order chi connectivity index (χ1) is 14.8. The van der Waals surface area contributed by atoms with Gasteiger partial charge in [0, 0.05) is 13.1 Å². The zero-order valence-corrected chi connectivity index (χ0v) is 19.0. The van der Waals surface area contributed by atoms with Crippen LogP contribution in [0.5, 0.6) is 0 Å². The van der Waals surface area contributed by atoms with Crippen molar-refractivity contribution in [1.82, 2.24) is 14.3 Å². The zero-order chi connectivity index (χ0) is 22.0. The van der Waals surface area contributed by atoms with Gasteiger partial charge in [-0.25, -0.2) is 13.4 Å². The Hall–Kier alpha value is -2.40. The lowest BCUT2D eigenvalue weighted by Gasteiger charge is -2.27. The van der Waals surface area contributed by atoms with E-state index in [1.807, 2.05) is 32.0 Å². The summed E-state index contributed by atoms with van der Waals surface area (Å²) in [5.74, 6) is -0.201. The molecule has 10 heteroatoms. The van der Waals surface area contributed by atoms with Crippen LogP contribution in [0.25, 0.3) is 11.0 Å². The second-order valence-corrected chi connectivity index (χ2v) is 10.3. The number of fused-ring (bicyclic) bond motifs is 1. The second-order valence-electron chi connectivity index (χ2n) is 7.42. The summed E-state index contributed by atoms with van der Waals surface area (Å²) in [6, 6.07) is 10.9. The lowest BCUT2D eigenvalue weighted by atomic mass is 10.2. The van der Waals surface area contributed by atoms with Crippen molar-refractivity contribution in [3.8, 4) is 0 Å². The molecule has 0 unspecified atom stereocenters. The molecule has 0 aliphatic carbocycles. The Morgan fingerprint density at radius 2 is 1.87 bits per heavy atom. The van der Waals surface area contributed by atoms with E-state index in [4.69, 9.17) is 4.74 Å². The molecule has 2 aromatic carbocycles. The van der Waals surface area contributed by atoms with Gasteiger partial charge in [0.25, 0.3) is 0 Å². The third-order valence-electron chi connectivity index (χ3n) is 4.95. The third kappa shape index (κ3) is 4.93. The number of nitrogens with zero attached hydrogens (tertiary/aromatic N) is 2. The number of aryl methyl sites for hydroxylation is 2. The first-order valence-electron chi connectivity index (χ1n) is 9.90. The van der Waals surface area contributed by atoms with Gasteiger partial charge in [0.2, 0.25) is 15.9 Å². The average molecular weight is 461 g/mol. The molecular formula is C21H24N4O4S2. The van der Waals surface area contributed by atoms with Crippen molar-refractivity contribution < 1.29 is 17.9 Å². The summed E-state index contributed by atoms with van der Waals surface area (Å²) in [6.45, 7) is 5.14. The number of anilines is 1. The Labute approximate surface area is 185 Å². The molecule has 1 aliphatic rings. The number of nitrogens with one attached hydrogen (secondary N) is 2. The predicted molar refractivity (Wildman–Crippen MR) is 121 cm³/mol. The van der Waals surface area contributed by atoms with E-state index in [1.165, 1.54) is 16.1 Å². The number of aromatic nitrogens is 2. The summed E-state index contributed by atoms with van der Waals surface area (Å²) in [5.41, 5.74) is 3.96. The highest BCUT2D eigenvalue weighted by molar-refractivity contribution is 7.99. The molecule has 0 radical (unpaired) electrons. The van der Waals surface area contributed by atoms with Crippen molar-refractivity contribution in [3.05, 3.63) is 47.5 Å². The summed E-state index contributed by atoms with van der Waals surface area (Å²) in [4.78, 5) is 20.4. The van der Waals surface area contributed by atoms with Gasteiger partial charge in [0.15, 0.2) is 5.16 Å². The molecule has 3 aromatic rings. The predicted octanol–water partition coefficient (Wildman–Crippen LogP) is 2.93. The molecule has 2 heterocycles. The highest BCUT2D eigenvalue weighted by atomic mass is 32.2. The molecule has 0 saturated carbocycles. The largest absolute Gasteiger partial charge is 0.379 e. The molecule has 8 nitrogen and oxygen atoms in total. The molecule has 0 spiro atoms. The maximum Gasteiger partial charge on any atom is 0.245 e. The molecule has 1 saturated heterocycles. The Bertz CT molecular complexity index is 1220. The average Bonchev–Trinajstić information content (AvgIpc) is 3.16. The van der Waals surface area contributed by atoms with E-state index in [0.29, 0.717) is 31.5 Å². The normalized spacial score (nSPS) is 15.3. The number of sulfonamides is 1. The van der Waals surface area contributed by atoms with Crippen molar-refractivity contribution in [3.63, 3.8) is 0 Å². The van der Waals surface area contributed by atoms with Gasteiger partial charge in [-0.15, -0.1) is 0 Å². The van der Waals surface area contributed by atoms with Crippen molar-refractivity contribution >= 4 is 44.4 Å². The summed E-state index contributed by atoms with van der Waals surface area (Å²) < 4.78 is 33.0. The van der Waals surface area contributed by atoms with Crippen LogP contribution in [-0.2, 0) is 19.6 Å². The summed E-state index contributed by atoms with van der Waals surface area (Å²) in [5, 5.41) is 3.40. The number of rotatable bonds is 6. The standard InChI is InChI=1S/C21H24N4O4S2/c1-14-3-5-16-18(11-14)24-21(23-16)30-13-20(26)22-17-6-4-15(2)12-19(17)31(27,28)25-7-9-29-10-8-25/h3-6,11-12H,7-10,13H2,1-2H3,(H,22,26)(H,23,24). The number of ether oxygens (including phenoxy) is 1. The summed E-state index contributed by atoms with van der Waals surface area (Å²) in [7, 11) is -3.74. The van der Waals surface area contributed by atoms with Crippen molar-refractivity contribution in [2.75, 3.05) is 37.4 Å². The Morgan fingerprint density at radius 1 is 1.16 bits per heavy atom. The fraction of sp³-hybridized carbons (Fsp3) is 0.333. The van der Waals surface area contributed by atoms with Gasteiger partial charge in [-0.1, -0.05) is 23.9 Å². The van der Waals surface area contributed by atoms with Crippen LogP contribution < -0.4 is 5.32 Å². The number of carbonyl (C=O) groups is 1. The van der Waals surface area contributed by atoms with Gasteiger partial charge in [-0.05, 0) is 49.2 Å². The highest BCUT2D eigenvalue weighted by Gasteiger charge is 2.29. The summed E-state index contributed by atoms with van der Waals surface area (Å²) >= 11 is 1.27. The number of carbonyl (C=O) groups excluding carboxylic acids is 1. The monoisotopic (exact) mass is 460 g/mol. The van der Waals surface area contributed by atoms with Crippen LogP contribution in [0.3, 0.4) is 0 Å². The van der Waals surface area contributed by atoms with Gasteiger partial charge < -0.3 is 15.0 Å². The molecule has 1 fully saturated rings. The van der Waals surface area contributed by atoms with Gasteiger partial charge in [-0.3, -0.25) is 4.79 Å².